The summed E-state index contributed by atoms with van der Waals surface area (Å²) in [6, 6.07) is 17.2. The van der Waals surface area contributed by atoms with Crippen LogP contribution in [0.1, 0.15) is 11.1 Å². The van der Waals surface area contributed by atoms with Crippen LogP contribution in [0.4, 0.5) is 0 Å². The molecule has 1 aromatic heterocycles. The Morgan fingerprint density at radius 2 is 1.95 bits per heavy atom. The van der Waals surface area contributed by atoms with Gasteiger partial charge in [-0.1, -0.05) is 30.3 Å². The Bertz CT molecular complexity index is 793. The van der Waals surface area contributed by atoms with E-state index in [9.17, 15) is 0 Å². The van der Waals surface area contributed by atoms with Crippen molar-refractivity contribution in [3.8, 4) is 5.75 Å². The van der Waals surface area contributed by atoms with Crippen molar-refractivity contribution in [3.63, 3.8) is 0 Å². The molecule has 4 heteroatoms. The van der Waals surface area contributed by atoms with Crippen LogP contribution in [0.2, 0.25) is 0 Å². The first kappa shape index (κ1) is 13.1. The van der Waals surface area contributed by atoms with Crippen molar-refractivity contribution in [2.45, 2.75) is 6.61 Å². The second-order valence-electron chi connectivity index (χ2n) is 4.72. The Hall–Kier alpha value is -2.88. The topological polar surface area (TPSA) is 72.0 Å². The van der Waals surface area contributed by atoms with E-state index < -0.39 is 0 Å². The smallest absolute Gasteiger partial charge is 0.122 e. The maximum Gasteiger partial charge on any atom is 0.122 e. The summed E-state index contributed by atoms with van der Waals surface area (Å²) in [6.45, 7) is 0.449. The monoisotopic (exact) mass is 277 g/mol. The highest BCUT2D eigenvalue weighted by molar-refractivity contribution is 5.95. The van der Waals surface area contributed by atoms with E-state index >= 15 is 0 Å². The van der Waals surface area contributed by atoms with Crippen LogP contribution in [-0.4, -0.2) is 10.8 Å². The van der Waals surface area contributed by atoms with Gasteiger partial charge in [-0.25, -0.2) is 0 Å². The van der Waals surface area contributed by atoms with Crippen molar-refractivity contribution in [1.29, 1.82) is 5.41 Å². The van der Waals surface area contributed by atoms with E-state index in [4.69, 9.17) is 15.9 Å². The molecule has 0 saturated heterocycles. The van der Waals surface area contributed by atoms with E-state index in [-0.39, 0.29) is 5.84 Å². The molecule has 0 saturated carbocycles. The number of hydrogen-bond donors (Lipinski definition) is 2. The van der Waals surface area contributed by atoms with Gasteiger partial charge in [0.25, 0.3) is 0 Å². The van der Waals surface area contributed by atoms with Gasteiger partial charge in [0.2, 0.25) is 0 Å². The molecule has 0 unspecified atom stereocenters. The van der Waals surface area contributed by atoms with Crippen molar-refractivity contribution >= 4 is 16.7 Å². The second-order valence-corrected chi connectivity index (χ2v) is 4.72. The summed E-state index contributed by atoms with van der Waals surface area (Å²) >= 11 is 0. The molecule has 0 bridgehead atoms. The number of para-hydroxylation sites is 1. The van der Waals surface area contributed by atoms with Crippen molar-refractivity contribution in [2.75, 3.05) is 0 Å². The van der Waals surface area contributed by atoms with Crippen LogP contribution in [0.15, 0.2) is 60.8 Å². The zero-order valence-electron chi connectivity index (χ0n) is 11.4. The van der Waals surface area contributed by atoms with Crippen LogP contribution in [-0.2, 0) is 6.61 Å². The quantitative estimate of drug-likeness (QED) is 0.568. The van der Waals surface area contributed by atoms with E-state index in [1.165, 1.54) is 0 Å². The predicted octanol–water partition coefficient (Wildman–Crippen LogP) is 3.10. The molecular formula is C17H15N3O. The number of nitrogens with two attached hydrogens (primary N) is 1. The number of amidine groups is 1. The third kappa shape index (κ3) is 2.84. The Balaban J connectivity index is 1.84. The minimum Gasteiger partial charge on any atom is -0.489 e. The Kier molecular flexibility index (Phi) is 3.51. The molecule has 0 atom stereocenters. The van der Waals surface area contributed by atoms with Gasteiger partial charge in [-0.2, -0.15) is 0 Å². The molecule has 3 rings (SSSR count). The van der Waals surface area contributed by atoms with Gasteiger partial charge >= 0.3 is 0 Å². The molecule has 3 N–H and O–H groups in total. The van der Waals surface area contributed by atoms with Crippen LogP contribution in [0.5, 0.6) is 5.75 Å². The molecule has 0 aliphatic carbocycles. The number of ether oxygens (including phenoxy) is 1. The summed E-state index contributed by atoms with van der Waals surface area (Å²) in [6.07, 6.45) is 1.78. The lowest BCUT2D eigenvalue weighted by atomic mass is 10.1. The summed E-state index contributed by atoms with van der Waals surface area (Å²) < 4.78 is 5.81. The summed E-state index contributed by atoms with van der Waals surface area (Å²) in [4.78, 5) is 4.33. The summed E-state index contributed by atoms with van der Waals surface area (Å²) in [7, 11) is 0. The minimum atomic E-state index is 0.0369. The van der Waals surface area contributed by atoms with Crippen molar-refractivity contribution in [1.82, 2.24) is 4.98 Å². The summed E-state index contributed by atoms with van der Waals surface area (Å²) in [5.41, 5.74) is 8.18. The molecule has 2 aromatic carbocycles. The maximum absolute atomic E-state index is 7.45. The molecular weight excluding hydrogens is 262 g/mol. The van der Waals surface area contributed by atoms with E-state index in [1.807, 2.05) is 42.5 Å². The number of benzene rings is 2. The van der Waals surface area contributed by atoms with Gasteiger partial charge in [-0.15, -0.1) is 0 Å². The Labute approximate surface area is 122 Å². The molecule has 0 aliphatic heterocycles. The fraction of sp³-hybridized carbons (Fsp3) is 0.0588. The Morgan fingerprint density at radius 1 is 1.10 bits per heavy atom. The lowest BCUT2D eigenvalue weighted by molar-refractivity contribution is 0.307. The van der Waals surface area contributed by atoms with Crippen LogP contribution in [0, 0.1) is 5.41 Å². The highest BCUT2D eigenvalue weighted by atomic mass is 16.5. The molecule has 0 fully saturated rings. The fourth-order valence-electron chi connectivity index (χ4n) is 2.20. The first-order chi connectivity index (χ1) is 10.2. The maximum atomic E-state index is 7.45. The number of nitrogen functional groups attached to an aromatic ring is 1. The van der Waals surface area contributed by atoms with Gasteiger partial charge in [0.05, 0.1) is 5.52 Å². The highest BCUT2D eigenvalue weighted by Gasteiger charge is 2.03. The van der Waals surface area contributed by atoms with Gasteiger partial charge in [-0.3, -0.25) is 10.4 Å². The van der Waals surface area contributed by atoms with E-state index in [0.29, 0.717) is 17.9 Å². The Morgan fingerprint density at radius 3 is 2.81 bits per heavy atom. The first-order valence-electron chi connectivity index (χ1n) is 6.64. The predicted molar refractivity (Wildman–Crippen MR) is 83.5 cm³/mol. The van der Waals surface area contributed by atoms with Gasteiger partial charge in [0.15, 0.2) is 0 Å². The zero-order chi connectivity index (χ0) is 14.7. The molecule has 4 nitrogen and oxygen atoms in total. The van der Waals surface area contributed by atoms with Gasteiger partial charge in [-0.05, 0) is 24.3 Å². The van der Waals surface area contributed by atoms with Crippen molar-refractivity contribution < 1.29 is 4.74 Å². The largest absolute Gasteiger partial charge is 0.489 e. The highest BCUT2D eigenvalue weighted by Crippen LogP contribution is 2.19. The molecule has 0 radical (unpaired) electrons. The van der Waals surface area contributed by atoms with Gasteiger partial charge in [0.1, 0.15) is 18.2 Å². The molecule has 0 aliphatic rings. The van der Waals surface area contributed by atoms with Crippen LogP contribution in [0.25, 0.3) is 10.9 Å². The number of nitrogens with one attached hydrogen (secondary N) is 1. The van der Waals surface area contributed by atoms with Crippen LogP contribution >= 0.6 is 0 Å². The van der Waals surface area contributed by atoms with E-state index in [2.05, 4.69) is 4.98 Å². The molecule has 0 amide bonds. The first-order valence-corrected chi connectivity index (χ1v) is 6.64. The summed E-state index contributed by atoms with van der Waals surface area (Å²) in [5, 5.41) is 8.54. The second kappa shape index (κ2) is 5.63. The minimum absolute atomic E-state index is 0.0369. The van der Waals surface area contributed by atoms with Crippen LogP contribution < -0.4 is 10.5 Å². The SMILES string of the molecule is N=C(N)c1cccc(OCc2ccnc3ccccc23)c1. The zero-order valence-corrected chi connectivity index (χ0v) is 11.4. The number of nitrogens with zero attached hydrogens (tertiary/aromatic N) is 1. The lowest BCUT2D eigenvalue weighted by Crippen LogP contribution is -2.10. The number of fused-ring (bicyclic) bond motifs is 1. The number of pyridine rings is 1. The molecule has 0 spiro atoms. The van der Waals surface area contributed by atoms with Crippen molar-refractivity contribution in [3.05, 3.63) is 71.9 Å². The van der Waals surface area contributed by atoms with E-state index in [0.717, 1.165) is 16.5 Å². The van der Waals surface area contributed by atoms with Crippen molar-refractivity contribution in [2.24, 2.45) is 5.73 Å². The van der Waals surface area contributed by atoms with E-state index in [1.54, 1.807) is 18.3 Å². The fourth-order valence-corrected chi connectivity index (χ4v) is 2.20. The van der Waals surface area contributed by atoms with Gasteiger partial charge in [0, 0.05) is 22.7 Å². The molecule has 1 heterocycles. The third-order valence-electron chi connectivity index (χ3n) is 3.28. The molecule has 104 valence electrons. The van der Waals surface area contributed by atoms with Gasteiger partial charge < -0.3 is 10.5 Å². The normalized spacial score (nSPS) is 10.5. The average molecular weight is 277 g/mol. The lowest BCUT2D eigenvalue weighted by Gasteiger charge is -2.09. The standard InChI is InChI=1S/C17H15N3O/c18-17(19)12-4-3-5-14(10-12)21-11-13-8-9-20-16-7-2-1-6-15(13)16/h1-10H,11H2,(H3,18,19). The number of rotatable bonds is 4. The number of aromatic nitrogens is 1. The average Bonchev–Trinajstić information content (AvgIpc) is 2.53. The number of hydrogen-bond acceptors (Lipinski definition) is 3. The third-order valence-corrected chi connectivity index (χ3v) is 3.28. The molecule has 3 aromatic rings. The van der Waals surface area contributed by atoms with Crippen LogP contribution in [0.3, 0.4) is 0 Å². The molecule has 21 heavy (non-hydrogen) atoms. The summed E-state index contributed by atoms with van der Waals surface area (Å²) in [5.74, 6) is 0.735.